The van der Waals surface area contributed by atoms with E-state index in [1.807, 2.05) is 23.5 Å². The number of morpholine rings is 1. The van der Waals surface area contributed by atoms with Crippen molar-refractivity contribution in [3.05, 3.63) is 46.5 Å². The molecular formula is C23H36IN5O2S. The van der Waals surface area contributed by atoms with E-state index in [4.69, 9.17) is 14.1 Å². The fourth-order valence-corrected chi connectivity index (χ4v) is 5.04. The minimum Gasteiger partial charge on any atom is -0.469 e. The van der Waals surface area contributed by atoms with E-state index in [0.29, 0.717) is 6.04 Å². The van der Waals surface area contributed by atoms with E-state index in [1.54, 1.807) is 6.26 Å². The van der Waals surface area contributed by atoms with Crippen LogP contribution in [-0.4, -0.2) is 81.3 Å². The van der Waals surface area contributed by atoms with E-state index in [9.17, 15) is 0 Å². The molecule has 0 bridgehead atoms. The Labute approximate surface area is 212 Å². The molecule has 1 atom stereocenters. The van der Waals surface area contributed by atoms with Crippen LogP contribution >= 0.6 is 35.3 Å². The van der Waals surface area contributed by atoms with Gasteiger partial charge >= 0.3 is 0 Å². The molecule has 2 saturated heterocycles. The molecule has 9 heteroatoms. The molecule has 0 spiro atoms. The minimum absolute atomic E-state index is 0. The molecule has 0 radical (unpaired) electrons. The second-order valence-electron chi connectivity index (χ2n) is 8.10. The number of likely N-dealkylation sites (tertiary alicyclic amines) is 1. The zero-order chi connectivity index (χ0) is 21.1. The van der Waals surface area contributed by atoms with Gasteiger partial charge in [-0.15, -0.1) is 35.3 Å². The first-order valence-electron chi connectivity index (χ1n) is 11.5. The Morgan fingerprint density at radius 3 is 2.59 bits per heavy atom. The van der Waals surface area contributed by atoms with Crippen molar-refractivity contribution in [1.29, 1.82) is 0 Å². The van der Waals surface area contributed by atoms with Gasteiger partial charge in [-0.05, 0) is 49.5 Å². The second-order valence-corrected chi connectivity index (χ2v) is 9.08. The summed E-state index contributed by atoms with van der Waals surface area (Å²) in [4.78, 5) is 11.4. The van der Waals surface area contributed by atoms with E-state index in [0.717, 1.165) is 70.6 Å². The van der Waals surface area contributed by atoms with Gasteiger partial charge in [0.1, 0.15) is 5.76 Å². The van der Waals surface area contributed by atoms with Crippen LogP contribution in [0, 0.1) is 0 Å². The quantitative estimate of drug-likeness (QED) is 0.259. The highest BCUT2D eigenvalue weighted by Crippen LogP contribution is 2.28. The number of halogens is 1. The Morgan fingerprint density at radius 1 is 1.06 bits per heavy atom. The van der Waals surface area contributed by atoms with Crippen LogP contribution in [0.4, 0.5) is 0 Å². The number of nitrogens with zero attached hydrogens (tertiary/aromatic N) is 3. The van der Waals surface area contributed by atoms with Gasteiger partial charge in [0.2, 0.25) is 0 Å². The van der Waals surface area contributed by atoms with Gasteiger partial charge in [0.25, 0.3) is 0 Å². The van der Waals surface area contributed by atoms with Gasteiger partial charge in [-0.1, -0.05) is 6.07 Å². The molecule has 1 unspecified atom stereocenters. The van der Waals surface area contributed by atoms with Gasteiger partial charge < -0.3 is 19.8 Å². The lowest BCUT2D eigenvalue weighted by atomic mass is 10.2. The summed E-state index contributed by atoms with van der Waals surface area (Å²) in [6.07, 6.45) is 5.15. The largest absolute Gasteiger partial charge is 0.469 e. The molecule has 178 valence electrons. The number of aliphatic imine (C=N–C) groups is 1. The zero-order valence-corrected chi connectivity index (χ0v) is 21.9. The number of thiophene rings is 1. The Bertz CT molecular complexity index is 759. The summed E-state index contributed by atoms with van der Waals surface area (Å²) < 4.78 is 10.9. The Hall–Kier alpha value is -1.14. The third-order valence-corrected chi connectivity index (χ3v) is 6.92. The number of hydrogen-bond donors (Lipinski definition) is 2. The fourth-order valence-electron chi connectivity index (χ4n) is 4.19. The van der Waals surface area contributed by atoms with Crippen molar-refractivity contribution in [3.8, 4) is 0 Å². The lowest BCUT2D eigenvalue weighted by Gasteiger charge is -2.27. The standard InChI is InChI=1S/C23H35N5O2S.HI/c1-2-11-28(10-1)21(22-6-4-18-31-22)19-26-23(24-8-7-20-5-3-15-30-20)25-9-12-27-13-16-29-17-14-27;/h3-6,15,18,21H,1-2,7-14,16-17,19H2,(H2,24,25,26);1H. The van der Waals surface area contributed by atoms with Crippen LogP contribution in [0.5, 0.6) is 0 Å². The van der Waals surface area contributed by atoms with Gasteiger partial charge in [-0.3, -0.25) is 14.8 Å². The smallest absolute Gasteiger partial charge is 0.191 e. The van der Waals surface area contributed by atoms with E-state index < -0.39 is 0 Å². The van der Waals surface area contributed by atoms with E-state index in [2.05, 4.69) is 37.9 Å². The van der Waals surface area contributed by atoms with Crippen molar-refractivity contribution in [1.82, 2.24) is 20.4 Å². The van der Waals surface area contributed by atoms with Crippen LogP contribution in [0.3, 0.4) is 0 Å². The Morgan fingerprint density at radius 2 is 1.88 bits per heavy atom. The maximum Gasteiger partial charge on any atom is 0.191 e. The van der Waals surface area contributed by atoms with E-state index in [-0.39, 0.29) is 24.0 Å². The maximum absolute atomic E-state index is 5.47. The van der Waals surface area contributed by atoms with Crippen molar-refractivity contribution >= 4 is 41.3 Å². The van der Waals surface area contributed by atoms with Crippen LogP contribution in [-0.2, 0) is 11.2 Å². The molecule has 7 nitrogen and oxygen atoms in total. The molecule has 2 aromatic heterocycles. The zero-order valence-electron chi connectivity index (χ0n) is 18.7. The molecule has 32 heavy (non-hydrogen) atoms. The number of rotatable bonds is 10. The van der Waals surface area contributed by atoms with Crippen LogP contribution < -0.4 is 10.6 Å². The number of guanidine groups is 1. The summed E-state index contributed by atoms with van der Waals surface area (Å²) in [5.74, 6) is 1.88. The molecule has 0 aromatic carbocycles. The van der Waals surface area contributed by atoms with Crippen molar-refractivity contribution < 1.29 is 9.15 Å². The van der Waals surface area contributed by atoms with Crippen LogP contribution in [0.15, 0.2) is 45.3 Å². The van der Waals surface area contributed by atoms with Crippen LogP contribution in [0.1, 0.15) is 29.5 Å². The predicted molar refractivity (Wildman–Crippen MR) is 141 cm³/mol. The first-order chi connectivity index (χ1) is 15.4. The molecule has 2 aliphatic rings. The third-order valence-electron chi connectivity index (χ3n) is 5.94. The molecule has 0 aliphatic carbocycles. The monoisotopic (exact) mass is 573 g/mol. The van der Waals surface area contributed by atoms with Gasteiger partial charge in [-0.2, -0.15) is 0 Å². The lowest BCUT2D eigenvalue weighted by molar-refractivity contribution is 0.0389. The van der Waals surface area contributed by atoms with Crippen LogP contribution in [0.2, 0.25) is 0 Å². The Balaban J connectivity index is 0.00000289. The van der Waals surface area contributed by atoms with Crippen molar-refractivity contribution in [2.24, 2.45) is 4.99 Å². The molecule has 4 rings (SSSR count). The normalized spacial score (nSPS) is 18.9. The highest BCUT2D eigenvalue weighted by atomic mass is 127. The van der Waals surface area contributed by atoms with E-state index in [1.165, 1.54) is 30.8 Å². The van der Waals surface area contributed by atoms with Crippen molar-refractivity contribution in [3.63, 3.8) is 0 Å². The average molecular weight is 574 g/mol. The topological polar surface area (TPSA) is 65.3 Å². The summed E-state index contributed by atoms with van der Waals surface area (Å²) in [7, 11) is 0. The molecule has 0 amide bonds. The van der Waals surface area contributed by atoms with Crippen molar-refractivity contribution in [2.45, 2.75) is 25.3 Å². The maximum atomic E-state index is 5.47. The summed E-state index contributed by atoms with van der Waals surface area (Å²) in [5.41, 5.74) is 0. The number of furan rings is 1. The summed E-state index contributed by atoms with van der Waals surface area (Å²) in [6, 6.07) is 8.72. The Kier molecular flexibility index (Phi) is 11.3. The van der Waals surface area contributed by atoms with Crippen molar-refractivity contribution in [2.75, 3.05) is 65.6 Å². The fraction of sp³-hybridized carbons (Fsp3) is 0.609. The second kappa shape index (κ2) is 14.2. The summed E-state index contributed by atoms with van der Waals surface area (Å²) in [6.45, 7) is 9.47. The molecule has 4 heterocycles. The lowest BCUT2D eigenvalue weighted by Crippen LogP contribution is -2.45. The van der Waals surface area contributed by atoms with Gasteiger partial charge in [0.05, 0.1) is 32.1 Å². The molecule has 2 aromatic rings. The molecule has 2 aliphatic heterocycles. The average Bonchev–Trinajstić information content (AvgIpc) is 3.58. The summed E-state index contributed by atoms with van der Waals surface area (Å²) in [5, 5.41) is 9.23. The van der Waals surface area contributed by atoms with Gasteiger partial charge in [0, 0.05) is 44.0 Å². The van der Waals surface area contributed by atoms with Crippen LogP contribution in [0.25, 0.3) is 0 Å². The van der Waals surface area contributed by atoms with E-state index >= 15 is 0 Å². The highest BCUT2D eigenvalue weighted by molar-refractivity contribution is 14.0. The van der Waals surface area contributed by atoms with Gasteiger partial charge in [-0.25, -0.2) is 0 Å². The predicted octanol–water partition coefficient (Wildman–Crippen LogP) is 3.21. The first kappa shape index (κ1) is 25.5. The third kappa shape index (κ3) is 8.02. The molecular weight excluding hydrogens is 537 g/mol. The number of hydrogen-bond acceptors (Lipinski definition) is 6. The first-order valence-corrected chi connectivity index (χ1v) is 12.4. The minimum atomic E-state index is 0. The molecule has 2 fully saturated rings. The number of nitrogens with one attached hydrogen (secondary N) is 2. The molecule has 0 saturated carbocycles. The highest BCUT2D eigenvalue weighted by Gasteiger charge is 2.24. The number of ether oxygens (including phenoxy) is 1. The molecule has 2 N–H and O–H groups in total. The summed E-state index contributed by atoms with van der Waals surface area (Å²) >= 11 is 1.84. The SMILES string of the molecule is I.c1coc(CCNC(=NCC(c2cccs2)N2CCCC2)NCCN2CCOCC2)c1. The van der Waals surface area contributed by atoms with Gasteiger partial charge in [0.15, 0.2) is 5.96 Å².